The monoisotopic (exact) mass is 729 g/mol. The summed E-state index contributed by atoms with van der Waals surface area (Å²) in [7, 11) is 0. The lowest BCUT2D eigenvalue weighted by Crippen LogP contribution is -2.15. The number of furan rings is 1. The van der Waals surface area contributed by atoms with Crippen LogP contribution in [0.15, 0.2) is 205 Å². The molecule has 0 amide bonds. The van der Waals surface area contributed by atoms with E-state index >= 15 is 0 Å². The lowest BCUT2D eigenvalue weighted by Gasteiger charge is -2.26. The molecule has 0 aliphatic heterocycles. The normalized spacial score (nSPS) is 12.9. The molecule has 0 saturated carbocycles. The molecule has 0 saturated heterocycles. The van der Waals surface area contributed by atoms with Crippen molar-refractivity contribution >= 4 is 49.8 Å². The van der Waals surface area contributed by atoms with Crippen molar-refractivity contribution in [3.05, 3.63) is 211 Å². The first kappa shape index (κ1) is 33.2. The highest BCUT2D eigenvalue weighted by molar-refractivity contribution is 6.23. The first-order valence-corrected chi connectivity index (χ1v) is 19.8. The van der Waals surface area contributed by atoms with Gasteiger partial charge in [0, 0.05) is 44.7 Å². The number of benzene rings is 9. The highest BCUT2D eigenvalue weighted by Gasteiger charge is 2.39. The van der Waals surface area contributed by atoms with Crippen LogP contribution in [0.3, 0.4) is 0 Å². The molecule has 9 aromatic carbocycles. The third kappa shape index (κ3) is 5.33. The summed E-state index contributed by atoms with van der Waals surface area (Å²) >= 11 is 0. The summed E-state index contributed by atoms with van der Waals surface area (Å²) in [6.45, 7) is 4.72. The Hall–Kier alpha value is -7.16. The lowest BCUT2D eigenvalue weighted by atomic mass is 9.79. The Morgan fingerprint density at radius 2 is 0.860 bits per heavy atom. The highest BCUT2D eigenvalue weighted by atomic mass is 16.3. The second kappa shape index (κ2) is 13.0. The fourth-order valence-electron chi connectivity index (χ4n) is 9.28. The second-order valence-corrected chi connectivity index (χ2v) is 15.7. The Morgan fingerprint density at radius 3 is 1.44 bits per heavy atom. The number of hydrogen-bond acceptors (Lipinski definition) is 2. The molecule has 2 heteroatoms. The summed E-state index contributed by atoms with van der Waals surface area (Å²) < 4.78 is 7.01. The lowest BCUT2D eigenvalue weighted by molar-refractivity contribution is 0.659. The first-order valence-electron chi connectivity index (χ1n) is 19.8. The molecule has 0 unspecified atom stereocenters. The smallest absolute Gasteiger partial charge is 0.143 e. The van der Waals surface area contributed by atoms with Gasteiger partial charge < -0.3 is 9.32 Å². The molecule has 0 radical (unpaired) electrons. The van der Waals surface area contributed by atoms with E-state index in [0.29, 0.717) is 0 Å². The number of hydrogen-bond donors (Lipinski definition) is 0. The molecule has 2 nitrogen and oxygen atoms in total. The van der Waals surface area contributed by atoms with Crippen molar-refractivity contribution in [2.75, 3.05) is 4.90 Å². The molecule has 57 heavy (non-hydrogen) atoms. The van der Waals surface area contributed by atoms with Gasteiger partial charge in [-0.1, -0.05) is 172 Å². The summed E-state index contributed by atoms with van der Waals surface area (Å²) in [5.41, 5.74) is 17.4. The molecular formula is C55H39NO. The minimum Gasteiger partial charge on any atom is -0.455 e. The minimum atomic E-state index is -0.181. The summed E-state index contributed by atoms with van der Waals surface area (Å²) in [5.74, 6) is 0. The number of anilines is 3. The van der Waals surface area contributed by atoms with E-state index in [1.54, 1.807) is 0 Å². The predicted molar refractivity (Wildman–Crippen MR) is 240 cm³/mol. The van der Waals surface area contributed by atoms with Crippen molar-refractivity contribution in [2.24, 2.45) is 0 Å². The van der Waals surface area contributed by atoms with Gasteiger partial charge in [0.1, 0.15) is 11.2 Å². The molecule has 0 bridgehead atoms. The van der Waals surface area contributed by atoms with Gasteiger partial charge in [0.25, 0.3) is 0 Å². The Balaban J connectivity index is 1.05. The van der Waals surface area contributed by atoms with Crippen LogP contribution in [0, 0.1) is 0 Å². The molecule has 0 spiro atoms. The van der Waals surface area contributed by atoms with E-state index in [9.17, 15) is 0 Å². The molecule has 0 atom stereocenters. The van der Waals surface area contributed by atoms with Crippen molar-refractivity contribution in [2.45, 2.75) is 19.3 Å². The molecule has 1 aromatic heterocycles. The van der Waals surface area contributed by atoms with Gasteiger partial charge in [-0.15, -0.1) is 0 Å². The van der Waals surface area contributed by atoms with Gasteiger partial charge in [-0.3, -0.25) is 0 Å². The van der Waals surface area contributed by atoms with E-state index in [1.807, 2.05) is 0 Å². The average molecular weight is 730 g/mol. The van der Waals surface area contributed by atoms with Gasteiger partial charge in [0.05, 0.1) is 0 Å². The fraction of sp³-hybridized carbons (Fsp3) is 0.0545. The summed E-state index contributed by atoms with van der Waals surface area (Å²) in [5, 5.41) is 4.75. The molecule has 1 heterocycles. The Bertz CT molecular complexity index is 3100. The molecule has 0 N–H and O–H groups in total. The molecule has 11 rings (SSSR count). The maximum Gasteiger partial charge on any atom is 0.143 e. The van der Waals surface area contributed by atoms with Crippen molar-refractivity contribution in [1.82, 2.24) is 0 Å². The van der Waals surface area contributed by atoms with Gasteiger partial charge >= 0.3 is 0 Å². The zero-order chi connectivity index (χ0) is 38.1. The number of fused-ring (bicyclic) bond motifs is 10. The number of rotatable bonds is 6. The van der Waals surface area contributed by atoms with E-state index in [2.05, 4.69) is 219 Å². The van der Waals surface area contributed by atoms with Crippen LogP contribution in [0.25, 0.3) is 77.2 Å². The zero-order valence-electron chi connectivity index (χ0n) is 31.9. The van der Waals surface area contributed by atoms with E-state index < -0.39 is 0 Å². The van der Waals surface area contributed by atoms with E-state index in [1.165, 1.54) is 66.4 Å². The van der Waals surface area contributed by atoms with Gasteiger partial charge in [-0.25, -0.2) is 0 Å². The molecule has 0 fully saturated rings. The quantitative estimate of drug-likeness (QED) is 0.169. The highest BCUT2D eigenvalue weighted by Crippen LogP contribution is 2.56. The van der Waals surface area contributed by atoms with Crippen molar-refractivity contribution < 1.29 is 4.42 Å². The maximum absolute atomic E-state index is 7.01. The zero-order valence-corrected chi connectivity index (χ0v) is 31.9. The minimum absolute atomic E-state index is 0.181. The predicted octanol–water partition coefficient (Wildman–Crippen LogP) is 15.5. The molecular weight excluding hydrogens is 691 g/mol. The van der Waals surface area contributed by atoms with Crippen LogP contribution < -0.4 is 4.90 Å². The molecule has 270 valence electrons. The average Bonchev–Trinajstić information content (AvgIpc) is 3.77. The van der Waals surface area contributed by atoms with Gasteiger partial charge in [0.15, 0.2) is 0 Å². The molecule has 10 aromatic rings. The van der Waals surface area contributed by atoms with Gasteiger partial charge in [-0.05, 0) is 97.4 Å². The SMILES string of the molecule is CC1(C)c2ccccc2-c2c1c1c3ccc(N(c4ccc(-c5ccccc5)cc4)c4ccc(-c5ccc(-c6ccccc6)cc5)cc4)cc3oc1c1ccccc21. The van der Waals surface area contributed by atoms with Crippen LogP contribution in [0.5, 0.6) is 0 Å². The maximum atomic E-state index is 7.01. The van der Waals surface area contributed by atoms with Gasteiger partial charge in [0.2, 0.25) is 0 Å². The third-order valence-electron chi connectivity index (χ3n) is 12.1. The number of nitrogens with zero attached hydrogens (tertiary/aromatic N) is 1. The third-order valence-corrected chi connectivity index (χ3v) is 12.1. The van der Waals surface area contributed by atoms with E-state index in [0.717, 1.165) is 39.0 Å². The molecule has 1 aliphatic rings. The first-order chi connectivity index (χ1) is 28.0. The van der Waals surface area contributed by atoms with Crippen LogP contribution >= 0.6 is 0 Å². The summed E-state index contributed by atoms with van der Waals surface area (Å²) in [6.07, 6.45) is 0. The Morgan fingerprint density at radius 1 is 0.404 bits per heavy atom. The standard InChI is InChI=1S/C55H39NO/c1-55(2)49-20-12-11-19-47(49)51-45-17-9-10-18-46(45)54-52(53(51)55)48-34-33-44(35-50(48)57-54)56(42-29-25-40(26-30-42)37-15-7-4-8-16-37)43-31-27-41(28-32-43)39-23-21-38(22-24-39)36-13-5-3-6-14-36/h3-35H,1-2H3. The molecule has 1 aliphatic carbocycles. The summed E-state index contributed by atoms with van der Waals surface area (Å²) in [4.78, 5) is 2.34. The largest absolute Gasteiger partial charge is 0.455 e. The van der Waals surface area contributed by atoms with Crippen LogP contribution in [-0.4, -0.2) is 0 Å². The Labute approximate surface area is 332 Å². The van der Waals surface area contributed by atoms with Crippen LogP contribution in [0.2, 0.25) is 0 Å². The van der Waals surface area contributed by atoms with Crippen LogP contribution in [0.1, 0.15) is 25.0 Å². The van der Waals surface area contributed by atoms with Crippen LogP contribution in [-0.2, 0) is 5.41 Å². The van der Waals surface area contributed by atoms with Gasteiger partial charge in [-0.2, -0.15) is 0 Å². The van der Waals surface area contributed by atoms with Crippen molar-refractivity contribution in [3.8, 4) is 44.5 Å². The van der Waals surface area contributed by atoms with E-state index in [4.69, 9.17) is 4.42 Å². The Kier molecular flexibility index (Phi) is 7.55. The summed E-state index contributed by atoms with van der Waals surface area (Å²) in [6, 6.07) is 72.2. The van der Waals surface area contributed by atoms with E-state index in [-0.39, 0.29) is 5.41 Å². The second-order valence-electron chi connectivity index (χ2n) is 15.7. The fourth-order valence-corrected chi connectivity index (χ4v) is 9.28. The van der Waals surface area contributed by atoms with Crippen molar-refractivity contribution in [3.63, 3.8) is 0 Å². The van der Waals surface area contributed by atoms with Crippen LogP contribution in [0.4, 0.5) is 17.1 Å². The van der Waals surface area contributed by atoms with Crippen molar-refractivity contribution in [1.29, 1.82) is 0 Å². The topological polar surface area (TPSA) is 16.4 Å².